The third kappa shape index (κ3) is 6.00. The second-order valence-corrected chi connectivity index (χ2v) is 4.14. The summed E-state index contributed by atoms with van der Waals surface area (Å²) in [6, 6.07) is 0.176. The molecular formula is C5H14N2O2S. The van der Waals surface area contributed by atoms with Crippen LogP contribution in [0, 0.1) is 0 Å². The molecule has 0 aliphatic heterocycles. The minimum atomic E-state index is -3.02. The fraction of sp³-hybridized carbons (Fsp3) is 1.00. The van der Waals surface area contributed by atoms with Gasteiger partial charge in [0.15, 0.2) is 0 Å². The van der Waals surface area contributed by atoms with Crippen molar-refractivity contribution in [3.05, 3.63) is 0 Å². The van der Waals surface area contributed by atoms with Gasteiger partial charge in [0, 0.05) is 12.6 Å². The number of likely N-dealkylation sites (N-methyl/N-ethyl adjacent to an activating group) is 1. The Kier molecular flexibility index (Phi) is 3.85. The third-order valence-corrected chi connectivity index (χ3v) is 1.84. The first kappa shape index (κ1) is 9.87. The van der Waals surface area contributed by atoms with Crippen LogP contribution >= 0.6 is 0 Å². The van der Waals surface area contributed by atoms with Crippen LogP contribution in [0.2, 0.25) is 0 Å². The molecule has 2 N–H and O–H groups in total. The normalized spacial score (nSPS) is 15.1. The van der Waals surface area contributed by atoms with Gasteiger partial charge in [-0.05, 0) is 14.0 Å². The maximum Gasteiger partial charge on any atom is 0.208 e. The van der Waals surface area contributed by atoms with Crippen LogP contribution in [0.4, 0.5) is 0 Å². The number of nitrogens with one attached hydrogen (secondary N) is 2. The Morgan fingerprint density at radius 1 is 1.50 bits per heavy atom. The van der Waals surface area contributed by atoms with Crippen molar-refractivity contribution in [1.82, 2.24) is 10.0 Å². The molecule has 0 heterocycles. The van der Waals surface area contributed by atoms with Crippen molar-refractivity contribution in [2.45, 2.75) is 13.0 Å². The van der Waals surface area contributed by atoms with Crippen molar-refractivity contribution in [3.8, 4) is 0 Å². The zero-order valence-electron chi connectivity index (χ0n) is 6.51. The fourth-order valence-corrected chi connectivity index (χ4v) is 0.931. The lowest BCUT2D eigenvalue weighted by atomic mass is 10.4. The summed E-state index contributed by atoms with van der Waals surface area (Å²) in [5.74, 6) is 0. The Hall–Kier alpha value is -0.130. The van der Waals surface area contributed by atoms with Crippen molar-refractivity contribution >= 4 is 10.0 Å². The van der Waals surface area contributed by atoms with Crippen molar-refractivity contribution in [2.75, 3.05) is 19.8 Å². The molecule has 1 unspecified atom stereocenters. The van der Waals surface area contributed by atoms with E-state index in [9.17, 15) is 8.42 Å². The molecule has 0 aliphatic rings. The van der Waals surface area contributed by atoms with E-state index in [0.29, 0.717) is 6.54 Å². The zero-order chi connectivity index (χ0) is 8.20. The Morgan fingerprint density at radius 2 is 2.00 bits per heavy atom. The maximum absolute atomic E-state index is 10.5. The monoisotopic (exact) mass is 166 g/mol. The predicted octanol–water partition coefficient (Wildman–Crippen LogP) is -0.856. The lowest BCUT2D eigenvalue weighted by Crippen LogP contribution is -2.36. The zero-order valence-corrected chi connectivity index (χ0v) is 7.33. The van der Waals surface area contributed by atoms with E-state index >= 15 is 0 Å². The summed E-state index contributed by atoms with van der Waals surface area (Å²) < 4.78 is 23.4. The summed E-state index contributed by atoms with van der Waals surface area (Å²) in [5.41, 5.74) is 0. The van der Waals surface area contributed by atoms with E-state index in [0.717, 1.165) is 6.26 Å². The van der Waals surface area contributed by atoms with Crippen LogP contribution in [-0.4, -0.2) is 34.3 Å². The lowest BCUT2D eigenvalue weighted by molar-refractivity contribution is 0.559. The molecule has 1 atom stereocenters. The van der Waals surface area contributed by atoms with Crippen LogP contribution in [0.5, 0.6) is 0 Å². The molecule has 0 saturated heterocycles. The smallest absolute Gasteiger partial charge is 0.208 e. The average Bonchev–Trinajstić information content (AvgIpc) is 1.81. The van der Waals surface area contributed by atoms with Gasteiger partial charge in [0.1, 0.15) is 0 Å². The number of hydrogen-bond acceptors (Lipinski definition) is 3. The average molecular weight is 166 g/mol. The molecule has 0 fully saturated rings. The van der Waals surface area contributed by atoms with Crippen LogP contribution in [0.25, 0.3) is 0 Å². The molecule has 0 bridgehead atoms. The van der Waals surface area contributed by atoms with Crippen LogP contribution in [0.1, 0.15) is 6.92 Å². The number of rotatable bonds is 4. The molecule has 0 rings (SSSR count). The van der Waals surface area contributed by atoms with E-state index in [1.165, 1.54) is 0 Å². The van der Waals surface area contributed by atoms with Crippen molar-refractivity contribution in [2.24, 2.45) is 0 Å². The molecule has 0 aromatic heterocycles. The summed E-state index contributed by atoms with van der Waals surface area (Å²) in [7, 11) is -1.23. The van der Waals surface area contributed by atoms with Gasteiger partial charge in [0.2, 0.25) is 10.0 Å². The largest absolute Gasteiger partial charge is 0.316 e. The van der Waals surface area contributed by atoms with E-state index in [-0.39, 0.29) is 6.04 Å². The van der Waals surface area contributed by atoms with Gasteiger partial charge >= 0.3 is 0 Å². The first-order valence-corrected chi connectivity index (χ1v) is 4.96. The first-order chi connectivity index (χ1) is 4.45. The summed E-state index contributed by atoms with van der Waals surface area (Å²) in [6.45, 7) is 2.34. The second kappa shape index (κ2) is 3.90. The Morgan fingerprint density at radius 3 is 2.30 bits per heavy atom. The molecule has 0 radical (unpaired) electrons. The quantitative estimate of drug-likeness (QED) is 0.571. The van der Waals surface area contributed by atoms with Crippen LogP contribution in [0.3, 0.4) is 0 Å². The van der Waals surface area contributed by atoms with Crippen molar-refractivity contribution in [1.29, 1.82) is 0 Å². The van der Waals surface area contributed by atoms with Gasteiger partial charge in [-0.15, -0.1) is 0 Å². The highest BCUT2D eigenvalue weighted by Gasteiger charge is 2.02. The molecule has 0 saturated carbocycles. The van der Waals surface area contributed by atoms with Gasteiger partial charge in [-0.2, -0.15) is 0 Å². The van der Waals surface area contributed by atoms with Crippen LogP contribution < -0.4 is 10.0 Å². The van der Waals surface area contributed by atoms with Gasteiger partial charge < -0.3 is 5.32 Å². The minimum absolute atomic E-state index is 0.176. The van der Waals surface area contributed by atoms with Gasteiger partial charge in [-0.25, -0.2) is 13.1 Å². The van der Waals surface area contributed by atoms with E-state index in [1.54, 1.807) is 7.05 Å². The van der Waals surface area contributed by atoms with Gasteiger partial charge in [0.05, 0.1) is 6.26 Å². The standard InChI is InChI=1S/C5H14N2O2S/c1-5(6-2)4-7-10(3,8)9/h5-7H,4H2,1-3H3. The van der Waals surface area contributed by atoms with Gasteiger partial charge in [0.25, 0.3) is 0 Å². The SMILES string of the molecule is CNC(C)CNS(C)(=O)=O. The van der Waals surface area contributed by atoms with E-state index < -0.39 is 10.0 Å². The fourth-order valence-electron chi connectivity index (χ4n) is 0.378. The molecule has 0 aromatic rings. The summed E-state index contributed by atoms with van der Waals surface area (Å²) in [6.07, 6.45) is 1.15. The summed E-state index contributed by atoms with van der Waals surface area (Å²) in [5, 5.41) is 2.91. The van der Waals surface area contributed by atoms with E-state index in [4.69, 9.17) is 0 Å². The van der Waals surface area contributed by atoms with Gasteiger partial charge in [-0.3, -0.25) is 0 Å². The van der Waals surface area contributed by atoms with Gasteiger partial charge in [-0.1, -0.05) is 0 Å². The highest BCUT2D eigenvalue weighted by Crippen LogP contribution is 1.78. The molecule has 5 heteroatoms. The highest BCUT2D eigenvalue weighted by atomic mass is 32.2. The van der Waals surface area contributed by atoms with E-state index in [1.807, 2.05) is 6.92 Å². The molecule has 0 spiro atoms. The summed E-state index contributed by atoms with van der Waals surface area (Å²) >= 11 is 0. The first-order valence-electron chi connectivity index (χ1n) is 3.07. The molecule has 10 heavy (non-hydrogen) atoms. The number of hydrogen-bond donors (Lipinski definition) is 2. The highest BCUT2D eigenvalue weighted by molar-refractivity contribution is 7.88. The molecule has 0 aliphatic carbocycles. The molecule has 62 valence electrons. The minimum Gasteiger partial charge on any atom is -0.316 e. The Labute approximate surface area is 62.1 Å². The molecule has 4 nitrogen and oxygen atoms in total. The van der Waals surface area contributed by atoms with Crippen molar-refractivity contribution in [3.63, 3.8) is 0 Å². The third-order valence-electron chi connectivity index (χ3n) is 1.14. The van der Waals surface area contributed by atoms with Crippen molar-refractivity contribution < 1.29 is 8.42 Å². The molecular weight excluding hydrogens is 152 g/mol. The van der Waals surface area contributed by atoms with E-state index in [2.05, 4.69) is 10.0 Å². The summed E-state index contributed by atoms with van der Waals surface area (Å²) in [4.78, 5) is 0. The number of sulfonamides is 1. The topological polar surface area (TPSA) is 58.2 Å². The Bertz CT molecular complexity index is 176. The molecule has 0 amide bonds. The lowest BCUT2D eigenvalue weighted by Gasteiger charge is -2.08. The van der Waals surface area contributed by atoms with Crippen LogP contribution in [-0.2, 0) is 10.0 Å². The maximum atomic E-state index is 10.5. The molecule has 0 aromatic carbocycles. The predicted molar refractivity (Wildman–Crippen MR) is 41.4 cm³/mol. The van der Waals surface area contributed by atoms with Crippen LogP contribution in [0.15, 0.2) is 0 Å². The second-order valence-electron chi connectivity index (χ2n) is 2.31. The Balaban J connectivity index is 3.56.